The largest absolute Gasteiger partial charge is 0.481 e. The van der Waals surface area contributed by atoms with E-state index in [9.17, 15) is 4.79 Å². The first-order chi connectivity index (χ1) is 7.83. The maximum atomic E-state index is 11.0. The van der Waals surface area contributed by atoms with E-state index in [0.717, 1.165) is 6.54 Å². The maximum Gasteiger partial charge on any atom is 0.310 e. The third kappa shape index (κ3) is 3.77. The van der Waals surface area contributed by atoms with Gasteiger partial charge in [-0.3, -0.25) is 4.79 Å². The Balaban J connectivity index is 2.72. The predicted octanol–water partition coefficient (Wildman–Crippen LogP) is -0.112. The van der Waals surface area contributed by atoms with Crippen LogP contribution in [0.5, 0.6) is 0 Å². The first-order valence-electron chi connectivity index (χ1n) is 5.46. The van der Waals surface area contributed by atoms with E-state index in [0.29, 0.717) is 12.2 Å². The van der Waals surface area contributed by atoms with Crippen LogP contribution in [0.15, 0.2) is 0 Å². The Bertz CT molecular complexity index is 386. The molecular weight excluding hydrogens is 222 g/mol. The second-order valence-electron chi connectivity index (χ2n) is 5.00. The average molecular weight is 241 g/mol. The molecule has 0 aliphatic heterocycles. The summed E-state index contributed by atoms with van der Waals surface area (Å²) in [6, 6.07) is 0. The number of tetrazole rings is 1. The Kier molecular flexibility index (Phi) is 4.17. The van der Waals surface area contributed by atoms with Gasteiger partial charge >= 0.3 is 5.97 Å². The van der Waals surface area contributed by atoms with Crippen molar-refractivity contribution in [2.75, 3.05) is 20.6 Å². The quantitative estimate of drug-likeness (QED) is 0.748. The van der Waals surface area contributed by atoms with Crippen LogP contribution in [0, 0.1) is 5.41 Å². The molecule has 0 radical (unpaired) electrons. The van der Waals surface area contributed by atoms with Gasteiger partial charge in [0.2, 0.25) is 0 Å². The zero-order valence-electron chi connectivity index (χ0n) is 10.7. The molecule has 7 heteroatoms. The van der Waals surface area contributed by atoms with Crippen molar-refractivity contribution < 1.29 is 9.90 Å². The van der Waals surface area contributed by atoms with Crippen LogP contribution in [-0.4, -0.2) is 56.8 Å². The van der Waals surface area contributed by atoms with Crippen molar-refractivity contribution in [2.24, 2.45) is 5.41 Å². The molecule has 1 aromatic rings. The number of rotatable bonds is 6. The summed E-state index contributed by atoms with van der Waals surface area (Å²) in [6.07, 6.45) is 0.704. The number of carboxylic acid groups (broad SMARTS) is 1. The van der Waals surface area contributed by atoms with Crippen LogP contribution in [0.4, 0.5) is 0 Å². The predicted molar refractivity (Wildman–Crippen MR) is 61.5 cm³/mol. The second kappa shape index (κ2) is 5.22. The molecule has 1 aromatic heterocycles. The number of aliphatic carboxylic acids is 1. The Labute approximate surface area is 100 Å². The summed E-state index contributed by atoms with van der Waals surface area (Å²) in [7, 11) is 3.94. The van der Waals surface area contributed by atoms with Gasteiger partial charge in [-0.25, -0.2) is 4.68 Å². The van der Waals surface area contributed by atoms with Crippen molar-refractivity contribution in [2.45, 2.75) is 26.8 Å². The normalized spacial score (nSPS) is 12.1. The Morgan fingerprint density at radius 2 is 2.12 bits per heavy atom. The fourth-order valence-corrected chi connectivity index (χ4v) is 1.29. The number of hydrogen-bond acceptors (Lipinski definition) is 5. The van der Waals surface area contributed by atoms with E-state index in [1.807, 2.05) is 19.0 Å². The number of hydrogen-bond donors (Lipinski definition) is 1. The molecule has 0 aliphatic carbocycles. The lowest BCUT2D eigenvalue weighted by atomic mass is 9.94. The van der Waals surface area contributed by atoms with E-state index in [2.05, 4.69) is 15.5 Å². The molecule has 0 amide bonds. The van der Waals surface area contributed by atoms with Gasteiger partial charge in [0, 0.05) is 13.0 Å². The lowest BCUT2D eigenvalue weighted by Crippen LogP contribution is -2.31. The first-order valence-corrected chi connectivity index (χ1v) is 5.46. The average Bonchev–Trinajstić information content (AvgIpc) is 2.61. The summed E-state index contributed by atoms with van der Waals surface area (Å²) >= 11 is 0. The minimum Gasteiger partial charge on any atom is -0.481 e. The number of carbonyl (C=O) groups is 1. The van der Waals surface area contributed by atoms with Gasteiger partial charge in [-0.15, -0.1) is 5.10 Å². The Morgan fingerprint density at radius 1 is 1.47 bits per heavy atom. The van der Waals surface area contributed by atoms with Crippen molar-refractivity contribution in [3.05, 3.63) is 5.82 Å². The van der Waals surface area contributed by atoms with Crippen LogP contribution in [0.25, 0.3) is 0 Å². The Morgan fingerprint density at radius 3 is 2.65 bits per heavy atom. The maximum absolute atomic E-state index is 11.0. The van der Waals surface area contributed by atoms with Crippen LogP contribution in [-0.2, 0) is 17.8 Å². The highest BCUT2D eigenvalue weighted by Gasteiger charge is 2.29. The second-order valence-corrected chi connectivity index (χ2v) is 5.00. The van der Waals surface area contributed by atoms with Gasteiger partial charge in [-0.1, -0.05) is 0 Å². The first kappa shape index (κ1) is 13.6. The van der Waals surface area contributed by atoms with Gasteiger partial charge in [0.05, 0.1) is 12.0 Å². The molecule has 7 nitrogen and oxygen atoms in total. The van der Waals surface area contributed by atoms with E-state index in [1.54, 1.807) is 18.5 Å². The summed E-state index contributed by atoms with van der Waals surface area (Å²) < 4.78 is 1.57. The molecule has 0 bridgehead atoms. The van der Waals surface area contributed by atoms with E-state index in [1.165, 1.54) is 0 Å². The van der Waals surface area contributed by atoms with Crippen LogP contribution >= 0.6 is 0 Å². The molecular formula is C10H19N5O2. The molecule has 0 saturated heterocycles. The lowest BCUT2D eigenvalue weighted by molar-refractivity contribution is -0.147. The molecule has 0 aliphatic rings. The van der Waals surface area contributed by atoms with E-state index in [-0.39, 0.29) is 6.54 Å². The molecule has 1 heterocycles. The summed E-state index contributed by atoms with van der Waals surface area (Å²) in [5.74, 6) is -0.139. The summed E-state index contributed by atoms with van der Waals surface area (Å²) in [4.78, 5) is 13.1. The standard InChI is InChI=1S/C10H19N5O2/c1-10(2,9(16)17)7-15-8(11-12-13-15)5-6-14(3)4/h5-7H2,1-4H3,(H,16,17). The van der Waals surface area contributed by atoms with Crippen molar-refractivity contribution in [3.63, 3.8) is 0 Å². The van der Waals surface area contributed by atoms with Crippen LogP contribution in [0.2, 0.25) is 0 Å². The number of aromatic nitrogens is 4. The fourth-order valence-electron chi connectivity index (χ4n) is 1.29. The van der Waals surface area contributed by atoms with Crippen LogP contribution in [0.1, 0.15) is 19.7 Å². The molecule has 0 atom stereocenters. The van der Waals surface area contributed by atoms with Crippen molar-refractivity contribution in [1.29, 1.82) is 0 Å². The minimum atomic E-state index is -0.873. The molecule has 17 heavy (non-hydrogen) atoms. The zero-order chi connectivity index (χ0) is 13.1. The Hall–Kier alpha value is -1.50. The summed E-state index contributed by atoms with van der Waals surface area (Å²) in [5, 5.41) is 20.4. The van der Waals surface area contributed by atoms with Crippen LogP contribution < -0.4 is 0 Å². The third-order valence-corrected chi connectivity index (χ3v) is 2.51. The zero-order valence-corrected chi connectivity index (χ0v) is 10.7. The lowest BCUT2D eigenvalue weighted by Gasteiger charge is -2.19. The van der Waals surface area contributed by atoms with Crippen molar-refractivity contribution in [3.8, 4) is 0 Å². The van der Waals surface area contributed by atoms with Gasteiger partial charge in [0.15, 0.2) is 5.82 Å². The fraction of sp³-hybridized carbons (Fsp3) is 0.800. The molecule has 0 spiro atoms. The SMILES string of the molecule is CN(C)CCc1nnnn1CC(C)(C)C(=O)O. The van der Waals surface area contributed by atoms with Crippen molar-refractivity contribution >= 4 is 5.97 Å². The highest BCUT2D eigenvalue weighted by atomic mass is 16.4. The van der Waals surface area contributed by atoms with Crippen LogP contribution in [0.3, 0.4) is 0 Å². The third-order valence-electron chi connectivity index (χ3n) is 2.51. The van der Waals surface area contributed by atoms with Gasteiger partial charge in [-0.2, -0.15) is 0 Å². The summed E-state index contributed by atoms with van der Waals surface area (Å²) in [6.45, 7) is 4.42. The molecule has 1 N–H and O–H groups in total. The molecule has 0 fully saturated rings. The highest BCUT2D eigenvalue weighted by Crippen LogP contribution is 2.18. The van der Waals surface area contributed by atoms with E-state index in [4.69, 9.17) is 5.11 Å². The molecule has 0 unspecified atom stereocenters. The monoisotopic (exact) mass is 241 g/mol. The topological polar surface area (TPSA) is 84.1 Å². The van der Waals surface area contributed by atoms with Gasteiger partial charge in [-0.05, 0) is 38.4 Å². The van der Waals surface area contributed by atoms with Gasteiger partial charge < -0.3 is 10.0 Å². The minimum absolute atomic E-state index is 0.276. The van der Waals surface area contributed by atoms with Gasteiger partial charge in [0.1, 0.15) is 0 Å². The van der Waals surface area contributed by atoms with Crippen molar-refractivity contribution in [1.82, 2.24) is 25.1 Å². The van der Waals surface area contributed by atoms with E-state index >= 15 is 0 Å². The van der Waals surface area contributed by atoms with Gasteiger partial charge in [0.25, 0.3) is 0 Å². The smallest absolute Gasteiger partial charge is 0.310 e. The number of carboxylic acids is 1. The number of likely N-dealkylation sites (N-methyl/N-ethyl adjacent to an activating group) is 1. The molecule has 0 aromatic carbocycles. The molecule has 96 valence electrons. The molecule has 0 saturated carbocycles. The molecule has 1 rings (SSSR count). The van der Waals surface area contributed by atoms with E-state index < -0.39 is 11.4 Å². The number of nitrogens with zero attached hydrogens (tertiary/aromatic N) is 5. The highest BCUT2D eigenvalue weighted by molar-refractivity contribution is 5.73. The summed E-state index contributed by atoms with van der Waals surface area (Å²) in [5.41, 5.74) is -0.873.